The van der Waals surface area contributed by atoms with Crippen LogP contribution in [-0.4, -0.2) is 27.3 Å². The SMILES string of the molecule is CCc1ccc(C(=O)CCC(=O)Nc2ccc(=O)n(CC(=O)O)c2)cc1. The van der Waals surface area contributed by atoms with E-state index in [0.717, 1.165) is 16.6 Å². The number of aliphatic carboxylic acids is 1. The van der Waals surface area contributed by atoms with Crippen molar-refractivity contribution in [1.29, 1.82) is 0 Å². The minimum absolute atomic E-state index is 0.00752. The lowest BCUT2D eigenvalue weighted by atomic mass is 10.0. The van der Waals surface area contributed by atoms with Crippen LogP contribution in [0, 0.1) is 0 Å². The zero-order valence-electron chi connectivity index (χ0n) is 14.4. The lowest BCUT2D eigenvalue weighted by Gasteiger charge is -2.08. The Hall–Kier alpha value is -3.22. The zero-order valence-corrected chi connectivity index (χ0v) is 14.4. The van der Waals surface area contributed by atoms with E-state index in [1.54, 1.807) is 12.1 Å². The van der Waals surface area contributed by atoms with Crippen LogP contribution in [0.4, 0.5) is 5.69 Å². The topological polar surface area (TPSA) is 105 Å². The number of ketones is 1. The average molecular weight is 356 g/mol. The first-order chi connectivity index (χ1) is 12.4. The van der Waals surface area contributed by atoms with E-state index in [1.807, 2.05) is 19.1 Å². The largest absolute Gasteiger partial charge is 0.480 e. The summed E-state index contributed by atoms with van der Waals surface area (Å²) in [5.41, 5.74) is 1.52. The van der Waals surface area contributed by atoms with Crippen molar-refractivity contribution < 1.29 is 19.5 Å². The van der Waals surface area contributed by atoms with E-state index in [9.17, 15) is 19.2 Å². The molecule has 7 nitrogen and oxygen atoms in total. The molecule has 2 aromatic rings. The maximum Gasteiger partial charge on any atom is 0.323 e. The van der Waals surface area contributed by atoms with Gasteiger partial charge in [-0.15, -0.1) is 0 Å². The number of Topliss-reactive ketones (excluding diaryl/α,β-unsaturated/α-hetero) is 1. The van der Waals surface area contributed by atoms with E-state index in [-0.39, 0.29) is 24.5 Å². The molecule has 1 aromatic heterocycles. The van der Waals surface area contributed by atoms with E-state index in [4.69, 9.17) is 5.11 Å². The molecule has 0 radical (unpaired) electrons. The molecule has 7 heteroatoms. The minimum atomic E-state index is -1.16. The number of aryl methyl sites for hydroxylation is 1. The number of nitrogens with zero attached hydrogens (tertiary/aromatic N) is 1. The molecule has 0 aliphatic carbocycles. The summed E-state index contributed by atoms with van der Waals surface area (Å²) in [6.07, 6.45) is 2.21. The molecule has 0 aliphatic heterocycles. The summed E-state index contributed by atoms with van der Waals surface area (Å²) in [7, 11) is 0. The van der Waals surface area contributed by atoms with Gasteiger partial charge in [0.05, 0.1) is 5.69 Å². The van der Waals surface area contributed by atoms with Crippen LogP contribution >= 0.6 is 0 Å². The summed E-state index contributed by atoms with van der Waals surface area (Å²) in [6.45, 7) is 1.54. The predicted octanol–water partition coefficient (Wildman–Crippen LogP) is 2.10. The Morgan fingerprint density at radius 1 is 1.04 bits per heavy atom. The average Bonchev–Trinajstić information content (AvgIpc) is 2.62. The molecule has 0 saturated heterocycles. The molecule has 26 heavy (non-hydrogen) atoms. The summed E-state index contributed by atoms with van der Waals surface area (Å²) in [6, 6.07) is 9.85. The quantitative estimate of drug-likeness (QED) is 0.705. The Labute approximate surface area is 150 Å². The van der Waals surface area contributed by atoms with Gasteiger partial charge >= 0.3 is 5.97 Å². The van der Waals surface area contributed by atoms with Gasteiger partial charge in [0.2, 0.25) is 5.91 Å². The first kappa shape index (κ1) is 19.1. The van der Waals surface area contributed by atoms with E-state index < -0.39 is 18.1 Å². The highest BCUT2D eigenvalue weighted by Crippen LogP contribution is 2.10. The molecule has 136 valence electrons. The summed E-state index contributed by atoms with van der Waals surface area (Å²) in [5, 5.41) is 11.3. The molecule has 0 aliphatic rings. The van der Waals surface area contributed by atoms with E-state index in [2.05, 4.69) is 5.32 Å². The molecule has 2 rings (SSSR count). The number of pyridine rings is 1. The number of nitrogens with one attached hydrogen (secondary N) is 1. The maximum absolute atomic E-state index is 12.1. The fraction of sp³-hybridized carbons (Fsp3) is 0.263. The number of amides is 1. The van der Waals surface area contributed by atoms with E-state index in [1.165, 1.54) is 18.3 Å². The lowest BCUT2D eigenvalue weighted by Crippen LogP contribution is -2.24. The smallest absolute Gasteiger partial charge is 0.323 e. The van der Waals surface area contributed by atoms with Crippen LogP contribution in [0.2, 0.25) is 0 Å². The number of rotatable bonds is 8. The molecule has 0 atom stereocenters. The molecular formula is C19H20N2O5. The molecule has 1 aromatic carbocycles. The van der Waals surface area contributed by atoms with Gasteiger partial charge in [-0.3, -0.25) is 19.2 Å². The molecule has 0 unspecified atom stereocenters. The summed E-state index contributed by atoms with van der Waals surface area (Å²) in [4.78, 5) is 46.4. The molecule has 0 saturated carbocycles. The molecule has 0 bridgehead atoms. The molecule has 0 spiro atoms. The third-order valence-corrected chi connectivity index (χ3v) is 3.84. The van der Waals surface area contributed by atoms with Crippen LogP contribution in [0.15, 0.2) is 47.4 Å². The second-order valence-corrected chi connectivity index (χ2v) is 5.80. The van der Waals surface area contributed by atoms with Crippen molar-refractivity contribution in [3.63, 3.8) is 0 Å². The van der Waals surface area contributed by atoms with Gasteiger partial charge in [-0.1, -0.05) is 31.2 Å². The Morgan fingerprint density at radius 3 is 2.35 bits per heavy atom. The van der Waals surface area contributed by atoms with Crippen LogP contribution in [0.1, 0.15) is 35.7 Å². The summed E-state index contributed by atoms with van der Waals surface area (Å²) >= 11 is 0. The normalized spacial score (nSPS) is 10.3. The molecule has 1 amide bonds. The van der Waals surface area contributed by atoms with Crippen LogP contribution in [-0.2, 0) is 22.6 Å². The third-order valence-electron chi connectivity index (χ3n) is 3.84. The number of carboxylic acids is 1. The Balaban J connectivity index is 1.93. The number of carboxylic acid groups (broad SMARTS) is 1. The number of benzene rings is 1. The number of carbonyl (C=O) groups excluding carboxylic acids is 2. The zero-order chi connectivity index (χ0) is 19.1. The van der Waals surface area contributed by atoms with Gasteiger partial charge in [0.1, 0.15) is 6.54 Å². The summed E-state index contributed by atoms with van der Waals surface area (Å²) < 4.78 is 0.985. The van der Waals surface area contributed by atoms with Gasteiger partial charge < -0.3 is 15.0 Å². The fourth-order valence-electron chi connectivity index (χ4n) is 2.40. The first-order valence-electron chi connectivity index (χ1n) is 8.23. The molecule has 1 heterocycles. The molecule has 2 N–H and O–H groups in total. The predicted molar refractivity (Wildman–Crippen MR) is 96.4 cm³/mol. The Morgan fingerprint density at radius 2 is 1.73 bits per heavy atom. The van der Waals surface area contributed by atoms with Crippen LogP contribution in [0.3, 0.4) is 0 Å². The van der Waals surface area contributed by atoms with Crippen molar-refractivity contribution >= 4 is 23.3 Å². The third kappa shape index (κ3) is 5.41. The second kappa shape index (κ2) is 8.75. The van der Waals surface area contributed by atoms with Crippen molar-refractivity contribution in [2.75, 3.05) is 5.32 Å². The minimum Gasteiger partial charge on any atom is -0.480 e. The van der Waals surface area contributed by atoms with Crippen molar-refractivity contribution in [2.24, 2.45) is 0 Å². The van der Waals surface area contributed by atoms with Gasteiger partial charge in [-0.05, 0) is 18.1 Å². The van der Waals surface area contributed by atoms with Crippen LogP contribution < -0.4 is 10.9 Å². The highest BCUT2D eigenvalue weighted by atomic mass is 16.4. The number of aromatic nitrogens is 1. The van der Waals surface area contributed by atoms with Crippen molar-refractivity contribution in [3.05, 3.63) is 64.1 Å². The second-order valence-electron chi connectivity index (χ2n) is 5.80. The van der Waals surface area contributed by atoms with Gasteiger partial charge in [0.25, 0.3) is 5.56 Å². The monoisotopic (exact) mass is 356 g/mol. The Kier molecular flexibility index (Phi) is 6.43. The fourth-order valence-corrected chi connectivity index (χ4v) is 2.40. The number of hydrogen-bond donors (Lipinski definition) is 2. The van der Waals surface area contributed by atoms with E-state index in [0.29, 0.717) is 11.3 Å². The van der Waals surface area contributed by atoms with Crippen molar-refractivity contribution in [1.82, 2.24) is 4.57 Å². The number of carbonyl (C=O) groups is 3. The van der Waals surface area contributed by atoms with Crippen LogP contribution in [0.25, 0.3) is 0 Å². The highest BCUT2D eigenvalue weighted by Gasteiger charge is 2.11. The van der Waals surface area contributed by atoms with Gasteiger partial charge in [-0.2, -0.15) is 0 Å². The first-order valence-corrected chi connectivity index (χ1v) is 8.23. The Bertz CT molecular complexity index is 868. The molecular weight excluding hydrogens is 336 g/mol. The maximum atomic E-state index is 12.1. The van der Waals surface area contributed by atoms with Crippen molar-refractivity contribution in [3.8, 4) is 0 Å². The molecule has 0 fully saturated rings. The van der Waals surface area contributed by atoms with Crippen LogP contribution in [0.5, 0.6) is 0 Å². The van der Waals surface area contributed by atoms with E-state index >= 15 is 0 Å². The number of anilines is 1. The van der Waals surface area contributed by atoms with Gasteiger partial charge in [-0.25, -0.2) is 0 Å². The number of hydrogen-bond acceptors (Lipinski definition) is 4. The standard InChI is InChI=1S/C19H20N2O5/c1-2-13-3-5-14(6-4-13)16(22)8-9-17(23)20-15-7-10-18(24)21(11-15)12-19(25)26/h3-7,10-11H,2,8-9,12H2,1H3,(H,20,23)(H,25,26). The van der Waals surface area contributed by atoms with Crippen molar-refractivity contribution in [2.45, 2.75) is 32.7 Å². The lowest BCUT2D eigenvalue weighted by molar-refractivity contribution is -0.137. The van der Waals surface area contributed by atoms with Gasteiger partial charge in [0.15, 0.2) is 5.78 Å². The van der Waals surface area contributed by atoms with Gasteiger partial charge in [0, 0.05) is 30.7 Å². The highest BCUT2D eigenvalue weighted by molar-refractivity contribution is 6.00. The summed E-state index contributed by atoms with van der Waals surface area (Å²) in [5.74, 6) is -1.67.